The standard InChI is InChI=1S/C10H15NOS/c1-4-9(13)7-6-8(3)11-10(12)5-2/h4,6-7,13H,3,5H2,1-2H3,(H,11,12)/b7-6-,9-4+. The molecule has 0 spiro atoms. The molecule has 72 valence electrons. The third kappa shape index (κ3) is 6.22. The molecule has 0 saturated carbocycles. The van der Waals surface area contributed by atoms with Crippen molar-refractivity contribution < 1.29 is 4.79 Å². The molecule has 0 unspecified atom stereocenters. The summed E-state index contributed by atoms with van der Waals surface area (Å²) in [6.45, 7) is 7.35. The molecule has 0 aliphatic carbocycles. The van der Waals surface area contributed by atoms with E-state index in [0.29, 0.717) is 12.1 Å². The van der Waals surface area contributed by atoms with E-state index < -0.39 is 0 Å². The van der Waals surface area contributed by atoms with Crippen molar-refractivity contribution in [2.24, 2.45) is 0 Å². The van der Waals surface area contributed by atoms with Crippen LogP contribution in [0.25, 0.3) is 0 Å². The van der Waals surface area contributed by atoms with Gasteiger partial charge in [0.05, 0.1) is 0 Å². The van der Waals surface area contributed by atoms with Crippen LogP contribution in [0.3, 0.4) is 0 Å². The summed E-state index contributed by atoms with van der Waals surface area (Å²) in [6.07, 6.45) is 5.82. The average molecular weight is 197 g/mol. The van der Waals surface area contributed by atoms with Gasteiger partial charge in [0.1, 0.15) is 0 Å². The van der Waals surface area contributed by atoms with Crippen molar-refractivity contribution in [3.05, 3.63) is 35.4 Å². The number of nitrogens with one attached hydrogen (secondary N) is 1. The van der Waals surface area contributed by atoms with E-state index in [-0.39, 0.29) is 5.91 Å². The molecule has 1 amide bonds. The molecule has 0 aromatic carbocycles. The van der Waals surface area contributed by atoms with E-state index in [2.05, 4.69) is 24.5 Å². The van der Waals surface area contributed by atoms with E-state index in [0.717, 1.165) is 4.91 Å². The maximum Gasteiger partial charge on any atom is 0.224 e. The SMILES string of the molecule is C=C(/C=C\C(S)=C/C)NC(=O)CC. The summed E-state index contributed by atoms with van der Waals surface area (Å²) in [5.41, 5.74) is 0.584. The fourth-order valence-corrected chi connectivity index (χ4v) is 0.666. The van der Waals surface area contributed by atoms with Gasteiger partial charge in [-0.25, -0.2) is 0 Å². The van der Waals surface area contributed by atoms with E-state index in [4.69, 9.17) is 0 Å². The maximum absolute atomic E-state index is 10.9. The van der Waals surface area contributed by atoms with Crippen molar-refractivity contribution in [3.63, 3.8) is 0 Å². The lowest BCUT2D eigenvalue weighted by molar-refractivity contribution is -0.119. The van der Waals surface area contributed by atoms with Crippen LogP contribution >= 0.6 is 12.6 Å². The Balaban J connectivity index is 4.02. The number of hydrogen-bond donors (Lipinski definition) is 2. The molecule has 0 saturated heterocycles. The molecule has 0 aliphatic rings. The lowest BCUT2D eigenvalue weighted by atomic mass is 10.3. The minimum atomic E-state index is -0.0316. The molecule has 0 heterocycles. The zero-order chi connectivity index (χ0) is 10.3. The Bertz CT molecular complexity index is 254. The molecular formula is C10H15NOS. The first-order valence-corrected chi connectivity index (χ1v) is 4.57. The van der Waals surface area contributed by atoms with Gasteiger partial charge in [0.25, 0.3) is 0 Å². The van der Waals surface area contributed by atoms with Crippen molar-refractivity contribution in [1.82, 2.24) is 5.32 Å². The van der Waals surface area contributed by atoms with Gasteiger partial charge in [0.15, 0.2) is 0 Å². The van der Waals surface area contributed by atoms with Crippen LogP contribution in [0.1, 0.15) is 20.3 Å². The third-order valence-electron chi connectivity index (χ3n) is 1.37. The molecule has 0 atom stereocenters. The van der Waals surface area contributed by atoms with E-state index in [1.54, 1.807) is 19.1 Å². The molecule has 0 aromatic heterocycles. The second-order valence-corrected chi connectivity index (χ2v) is 2.99. The molecule has 0 fully saturated rings. The van der Waals surface area contributed by atoms with E-state index in [9.17, 15) is 4.79 Å². The van der Waals surface area contributed by atoms with E-state index in [1.165, 1.54) is 0 Å². The highest BCUT2D eigenvalue weighted by Crippen LogP contribution is 2.02. The Morgan fingerprint density at radius 1 is 1.54 bits per heavy atom. The van der Waals surface area contributed by atoms with Crippen LogP contribution in [-0.2, 0) is 4.79 Å². The fraction of sp³-hybridized carbons (Fsp3) is 0.300. The highest BCUT2D eigenvalue weighted by Gasteiger charge is 1.95. The second-order valence-electron chi connectivity index (χ2n) is 2.47. The lowest BCUT2D eigenvalue weighted by Gasteiger charge is -2.00. The summed E-state index contributed by atoms with van der Waals surface area (Å²) in [5, 5.41) is 2.63. The first-order valence-electron chi connectivity index (χ1n) is 4.12. The molecular weight excluding hydrogens is 182 g/mol. The lowest BCUT2D eigenvalue weighted by Crippen LogP contribution is -2.19. The first-order chi connectivity index (χ1) is 6.10. The topological polar surface area (TPSA) is 29.1 Å². The fourth-order valence-electron chi connectivity index (χ4n) is 0.591. The molecule has 0 aliphatic heterocycles. The van der Waals surface area contributed by atoms with Crippen molar-refractivity contribution in [2.75, 3.05) is 0 Å². The van der Waals surface area contributed by atoms with Gasteiger partial charge in [-0.1, -0.05) is 19.6 Å². The zero-order valence-corrected chi connectivity index (χ0v) is 8.90. The van der Waals surface area contributed by atoms with Crippen LogP contribution in [0.4, 0.5) is 0 Å². The van der Waals surface area contributed by atoms with Gasteiger partial charge in [-0.05, 0) is 24.0 Å². The van der Waals surface area contributed by atoms with Crippen LogP contribution in [0.2, 0.25) is 0 Å². The molecule has 0 rings (SSSR count). The number of hydrogen-bond acceptors (Lipinski definition) is 2. The average Bonchev–Trinajstić information content (AvgIpc) is 2.13. The third-order valence-corrected chi connectivity index (χ3v) is 1.78. The van der Waals surface area contributed by atoms with Crippen molar-refractivity contribution in [1.29, 1.82) is 0 Å². The summed E-state index contributed by atoms with van der Waals surface area (Å²) in [5.74, 6) is -0.0316. The monoisotopic (exact) mass is 197 g/mol. The Morgan fingerprint density at radius 2 is 2.15 bits per heavy atom. The predicted molar refractivity (Wildman–Crippen MR) is 59.5 cm³/mol. The molecule has 13 heavy (non-hydrogen) atoms. The summed E-state index contributed by atoms with van der Waals surface area (Å²) >= 11 is 4.14. The quantitative estimate of drug-likeness (QED) is 0.526. The number of carbonyl (C=O) groups is 1. The van der Waals surface area contributed by atoms with Gasteiger partial charge in [0.2, 0.25) is 5.91 Å². The number of amides is 1. The Morgan fingerprint density at radius 3 is 2.62 bits per heavy atom. The Kier molecular flexibility index (Phi) is 6.06. The van der Waals surface area contributed by atoms with Gasteiger partial charge < -0.3 is 5.32 Å². The van der Waals surface area contributed by atoms with Gasteiger partial charge >= 0.3 is 0 Å². The number of allylic oxidation sites excluding steroid dienone is 3. The Labute approximate surface area is 84.8 Å². The highest BCUT2D eigenvalue weighted by molar-refractivity contribution is 7.84. The van der Waals surface area contributed by atoms with E-state index in [1.807, 2.05) is 13.0 Å². The molecule has 3 heteroatoms. The minimum absolute atomic E-state index is 0.0316. The number of thiol groups is 1. The molecule has 2 nitrogen and oxygen atoms in total. The first kappa shape index (κ1) is 12.0. The van der Waals surface area contributed by atoms with Crippen LogP contribution in [0.15, 0.2) is 35.4 Å². The normalized spacial score (nSPS) is 11.8. The van der Waals surface area contributed by atoms with E-state index >= 15 is 0 Å². The van der Waals surface area contributed by atoms with Crippen molar-refractivity contribution in [3.8, 4) is 0 Å². The smallest absolute Gasteiger partial charge is 0.224 e. The molecule has 0 bridgehead atoms. The molecule has 0 radical (unpaired) electrons. The largest absolute Gasteiger partial charge is 0.327 e. The zero-order valence-electron chi connectivity index (χ0n) is 8.00. The maximum atomic E-state index is 10.9. The predicted octanol–water partition coefficient (Wildman–Crippen LogP) is 2.42. The van der Waals surface area contributed by atoms with Gasteiger partial charge in [-0.3, -0.25) is 4.79 Å². The van der Waals surface area contributed by atoms with Crippen molar-refractivity contribution in [2.45, 2.75) is 20.3 Å². The van der Waals surface area contributed by atoms with Crippen molar-refractivity contribution >= 4 is 18.5 Å². The second kappa shape index (κ2) is 6.54. The van der Waals surface area contributed by atoms with Crippen LogP contribution in [-0.4, -0.2) is 5.91 Å². The number of rotatable bonds is 4. The minimum Gasteiger partial charge on any atom is -0.327 e. The van der Waals surface area contributed by atoms with Gasteiger partial charge in [0, 0.05) is 12.1 Å². The summed E-state index contributed by atoms with van der Waals surface area (Å²) in [4.78, 5) is 11.7. The highest BCUT2D eigenvalue weighted by atomic mass is 32.1. The van der Waals surface area contributed by atoms with Crippen LogP contribution in [0.5, 0.6) is 0 Å². The Hall–Kier alpha value is -0.960. The summed E-state index contributed by atoms with van der Waals surface area (Å²) in [7, 11) is 0. The van der Waals surface area contributed by atoms with Gasteiger partial charge in [-0.2, -0.15) is 0 Å². The summed E-state index contributed by atoms with van der Waals surface area (Å²) in [6, 6.07) is 0. The van der Waals surface area contributed by atoms with Gasteiger partial charge in [-0.15, -0.1) is 12.6 Å². The number of carbonyl (C=O) groups excluding carboxylic acids is 1. The molecule has 0 aromatic rings. The van der Waals surface area contributed by atoms with Crippen LogP contribution < -0.4 is 5.32 Å². The summed E-state index contributed by atoms with van der Waals surface area (Å²) < 4.78 is 0. The van der Waals surface area contributed by atoms with Crippen LogP contribution in [0, 0.1) is 0 Å². The molecule has 1 N–H and O–H groups in total.